The molecule has 0 atom stereocenters. The highest BCUT2D eigenvalue weighted by Gasteiger charge is 2.30. The molecule has 0 radical (unpaired) electrons. The van der Waals surface area contributed by atoms with E-state index in [1.165, 1.54) is 23.9 Å². The summed E-state index contributed by atoms with van der Waals surface area (Å²) in [5.41, 5.74) is 1.42. The van der Waals surface area contributed by atoms with Gasteiger partial charge in [0, 0.05) is 21.4 Å². The van der Waals surface area contributed by atoms with Crippen LogP contribution < -0.4 is 9.47 Å². The Balaban J connectivity index is 1.65. The van der Waals surface area contributed by atoms with E-state index in [0.29, 0.717) is 27.8 Å². The van der Waals surface area contributed by atoms with Crippen LogP contribution >= 0.6 is 11.8 Å². The minimum absolute atomic E-state index is 0.606. The first-order valence-corrected chi connectivity index (χ1v) is 10.3. The molecule has 0 saturated carbocycles. The Morgan fingerprint density at radius 2 is 1.66 bits per heavy atom. The van der Waals surface area contributed by atoms with E-state index >= 15 is 0 Å². The molecular weight excluding hydrogens is 439 g/mol. The zero-order valence-corrected chi connectivity index (χ0v) is 17.9. The normalized spacial score (nSPS) is 11.4. The Kier molecular flexibility index (Phi) is 6.09. The lowest BCUT2D eigenvalue weighted by atomic mass is 10.2. The van der Waals surface area contributed by atoms with Crippen LogP contribution in [0.15, 0.2) is 82.7 Å². The maximum atomic E-state index is 12.8. The van der Waals surface area contributed by atoms with Gasteiger partial charge in [-0.15, -0.1) is 5.10 Å². The van der Waals surface area contributed by atoms with Crippen LogP contribution in [0.25, 0.3) is 16.9 Å². The Bertz CT molecular complexity index is 1220. The molecule has 1 heterocycles. The predicted octanol–water partition coefficient (Wildman–Crippen LogP) is 6.12. The lowest BCUT2D eigenvalue weighted by Gasteiger charge is -2.10. The van der Waals surface area contributed by atoms with Crippen molar-refractivity contribution < 1.29 is 22.6 Å². The van der Waals surface area contributed by atoms with E-state index in [0.717, 1.165) is 22.6 Å². The summed E-state index contributed by atoms with van der Waals surface area (Å²) in [4.78, 5) is 1.53. The number of nitrogens with zero attached hydrogens (tertiary/aromatic N) is 3. The van der Waals surface area contributed by atoms with Gasteiger partial charge in [-0.3, -0.25) is 0 Å². The zero-order chi connectivity index (χ0) is 22.7. The predicted molar refractivity (Wildman–Crippen MR) is 115 cm³/mol. The van der Waals surface area contributed by atoms with Crippen LogP contribution in [0.5, 0.6) is 11.5 Å². The standard InChI is InChI=1S/C23H18F3N3O2S/c1-30-16-9-12-21(31-2)20(13-16)29-14-19(27-28-29)18-5-3-4-6-22(18)32-17-10-7-15(8-11-17)23(24,25)26/h3-14H,1-2H3. The van der Waals surface area contributed by atoms with Crippen molar-refractivity contribution in [2.24, 2.45) is 0 Å². The molecule has 1 aromatic heterocycles. The molecule has 0 aliphatic carbocycles. The fourth-order valence-electron chi connectivity index (χ4n) is 3.09. The maximum absolute atomic E-state index is 12.8. The highest BCUT2D eigenvalue weighted by molar-refractivity contribution is 7.99. The molecule has 0 N–H and O–H groups in total. The molecule has 0 unspecified atom stereocenters. The van der Waals surface area contributed by atoms with Crippen LogP contribution in [-0.2, 0) is 6.18 Å². The molecule has 0 aliphatic rings. The Labute approximate surface area is 186 Å². The molecule has 5 nitrogen and oxygen atoms in total. The third kappa shape index (κ3) is 4.57. The van der Waals surface area contributed by atoms with Gasteiger partial charge < -0.3 is 9.47 Å². The van der Waals surface area contributed by atoms with Crippen molar-refractivity contribution >= 4 is 11.8 Å². The van der Waals surface area contributed by atoms with Gasteiger partial charge in [0.1, 0.15) is 22.9 Å². The Morgan fingerprint density at radius 1 is 0.906 bits per heavy atom. The summed E-state index contributed by atoms with van der Waals surface area (Å²) in [6, 6.07) is 18.0. The van der Waals surface area contributed by atoms with Crippen molar-refractivity contribution in [3.8, 4) is 28.4 Å². The summed E-state index contributed by atoms with van der Waals surface area (Å²) in [5.74, 6) is 1.26. The quantitative estimate of drug-likeness (QED) is 0.349. The summed E-state index contributed by atoms with van der Waals surface area (Å²) >= 11 is 1.36. The van der Waals surface area contributed by atoms with Crippen LogP contribution in [0.1, 0.15) is 5.56 Å². The first kappa shape index (κ1) is 21.8. The molecule has 32 heavy (non-hydrogen) atoms. The summed E-state index contributed by atoms with van der Waals surface area (Å²) in [6.45, 7) is 0. The fourth-order valence-corrected chi connectivity index (χ4v) is 4.04. The van der Waals surface area contributed by atoms with E-state index in [2.05, 4.69) is 10.3 Å². The summed E-state index contributed by atoms with van der Waals surface area (Å²) < 4.78 is 50.8. The number of ether oxygens (including phenoxy) is 2. The number of rotatable bonds is 6. The van der Waals surface area contributed by atoms with Crippen molar-refractivity contribution in [2.75, 3.05) is 14.2 Å². The van der Waals surface area contributed by atoms with Crippen molar-refractivity contribution in [3.05, 3.63) is 78.5 Å². The molecule has 164 valence electrons. The first-order valence-electron chi connectivity index (χ1n) is 9.48. The van der Waals surface area contributed by atoms with E-state index in [1.54, 1.807) is 43.3 Å². The maximum Gasteiger partial charge on any atom is 0.416 e. The largest absolute Gasteiger partial charge is 0.497 e. The van der Waals surface area contributed by atoms with Crippen LogP contribution in [0.3, 0.4) is 0 Å². The van der Waals surface area contributed by atoms with Crippen LogP contribution in [0, 0.1) is 0 Å². The van der Waals surface area contributed by atoms with E-state index in [1.807, 2.05) is 24.3 Å². The summed E-state index contributed by atoms with van der Waals surface area (Å²) in [6.07, 6.45) is -2.59. The van der Waals surface area contributed by atoms with Gasteiger partial charge >= 0.3 is 6.18 Å². The smallest absolute Gasteiger partial charge is 0.416 e. The molecule has 0 aliphatic heterocycles. The lowest BCUT2D eigenvalue weighted by molar-refractivity contribution is -0.137. The molecule has 0 bridgehead atoms. The second-order valence-corrected chi connectivity index (χ2v) is 7.82. The highest BCUT2D eigenvalue weighted by Crippen LogP contribution is 2.37. The third-order valence-electron chi connectivity index (χ3n) is 4.70. The minimum Gasteiger partial charge on any atom is -0.497 e. The number of benzene rings is 3. The average Bonchev–Trinajstić information content (AvgIpc) is 3.28. The third-order valence-corrected chi connectivity index (χ3v) is 5.78. The number of methoxy groups -OCH3 is 2. The molecule has 0 fully saturated rings. The van der Waals surface area contributed by atoms with Crippen molar-refractivity contribution in [3.63, 3.8) is 0 Å². The average molecular weight is 457 g/mol. The topological polar surface area (TPSA) is 49.2 Å². The van der Waals surface area contributed by atoms with Crippen molar-refractivity contribution in [1.82, 2.24) is 15.0 Å². The summed E-state index contributed by atoms with van der Waals surface area (Å²) in [7, 11) is 3.15. The molecule has 0 saturated heterocycles. The fraction of sp³-hybridized carbons (Fsp3) is 0.130. The van der Waals surface area contributed by atoms with Crippen LogP contribution in [0.4, 0.5) is 13.2 Å². The number of hydrogen-bond donors (Lipinski definition) is 0. The molecule has 4 rings (SSSR count). The number of hydrogen-bond acceptors (Lipinski definition) is 5. The molecule has 4 aromatic rings. The van der Waals surface area contributed by atoms with Crippen molar-refractivity contribution in [2.45, 2.75) is 16.0 Å². The second kappa shape index (κ2) is 8.96. The van der Waals surface area contributed by atoms with Gasteiger partial charge in [0.25, 0.3) is 0 Å². The molecule has 0 spiro atoms. The minimum atomic E-state index is -4.36. The van der Waals surface area contributed by atoms with Gasteiger partial charge in [-0.25, -0.2) is 4.68 Å². The zero-order valence-electron chi connectivity index (χ0n) is 17.1. The van der Waals surface area contributed by atoms with Crippen LogP contribution in [0.2, 0.25) is 0 Å². The second-order valence-electron chi connectivity index (χ2n) is 6.71. The van der Waals surface area contributed by atoms with E-state index in [-0.39, 0.29) is 0 Å². The van der Waals surface area contributed by atoms with E-state index in [4.69, 9.17) is 9.47 Å². The molecule has 9 heteroatoms. The SMILES string of the molecule is COc1ccc(OC)c(-n2cc(-c3ccccc3Sc3ccc(C(F)(F)F)cc3)nn2)c1. The van der Waals surface area contributed by atoms with Gasteiger partial charge in [-0.05, 0) is 42.5 Å². The van der Waals surface area contributed by atoms with E-state index < -0.39 is 11.7 Å². The monoisotopic (exact) mass is 457 g/mol. The Morgan fingerprint density at radius 3 is 2.34 bits per heavy atom. The van der Waals surface area contributed by atoms with Gasteiger partial charge in [0.2, 0.25) is 0 Å². The van der Waals surface area contributed by atoms with Gasteiger partial charge in [-0.2, -0.15) is 13.2 Å². The molecular formula is C23H18F3N3O2S. The highest BCUT2D eigenvalue weighted by atomic mass is 32.2. The Hall–Kier alpha value is -3.46. The molecule has 3 aromatic carbocycles. The first-order chi connectivity index (χ1) is 15.4. The van der Waals surface area contributed by atoms with Gasteiger partial charge in [0.15, 0.2) is 0 Å². The number of alkyl halides is 3. The van der Waals surface area contributed by atoms with E-state index in [9.17, 15) is 13.2 Å². The molecule has 0 amide bonds. The number of halogens is 3. The van der Waals surface area contributed by atoms with Gasteiger partial charge in [0.05, 0.1) is 26.0 Å². The van der Waals surface area contributed by atoms with Crippen molar-refractivity contribution in [1.29, 1.82) is 0 Å². The van der Waals surface area contributed by atoms with Crippen LogP contribution in [-0.4, -0.2) is 29.2 Å². The lowest BCUT2D eigenvalue weighted by Crippen LogP contribution is -2.03. The number of aromatic nitrogens is 3. The van der Waals surface area contributed by atoms with Gasteiger partial charge in [-0.1, -0.05) is 35.2 Å². The summed E-state index contributed by atoms with van der Waals surface area (Å²) in [5, 5.41) is 8.53.